The van der Waals surface area contributed by atoms with E-state index in [1.807, 2.05) is 12.3 Å². The van der Waals surface area contributed by atoms with Crippen LogP contribution in [0.4, 0.5) is 0 Å². The molecule has 1 aliphatic heterocycles. The zero-order chi connectivity index (χ0) is 18.8. The number of aliphatic hydroxyl groups excluding tert-OH is 1. The Bertz CT molecular complexity index is 650. The van der Waals surface area contributed by atoms with Crippen LogP contribution in [0.5, 0.6) is 0 Å². The molecule has 1 aromatic rings. The lowest BCUT2D eigenvalue weighted by Gasteiger charge is -2.23. The molecular formula is C18H22N2O5. The van der Waals surface area contributed by atoms with E-state index in [9.17, 15) is 14.7 Å². The Hall–Kier alpha value is -2.69. The minimum Gasteiger partial charge on any atom is -0.478 e. The van der Waals surface area contributed by atoms with E-state index >= 15 is 0 Å². The Kier molecular flexibility index (Phi) is 8.33. The van der Waals surface area contributed by atoms with Crippen molar-refractivity contribution >= 4 is 11.9 Å². The quantitative estimate of drug-likeness (QED) is 0.549. The van der Waals surface area contributed by atoms with Crippen LogP contribution in [0.3, 0.4) is 0 Å². The predicted molar refractivity (Wildman–Crippen MR) is 91.7 cm³/mol. The fraction of sp³-hybridized carbons (Fsp3) is 0.389. The van der Waals surface area contributed by atoms with Crippen LogP contribution in [0.15, 0.2) is 30.6 Å². The number of aromatic nitrogens is 1. The van der Waals surface area contributed by atoms with Crippen LogP contribution < -0.4 is 0 Å². The Morgan fingerprint density at radius 3 is 2.56 bits per heavy atom. The number of aliphatic hydroxyl groups is 1. The molecule has 2 atom stereocenters. The normalized spacial score (nSPS) is 18.2. The average molecular weight is 346 g/mol. The number of nitrogens with zero attached hydrogens (tertiary/aromatic N) is 2. The molecule has 1 aliphatic rings. The average Bonchev–Trinajstić information content (AvgIpc) is 2.99. The number of carboxylic acid groups (broad SMARTS) is 2. The predicted octanol–water partition coefficient (Wildman–Crippen LogP) is 1.62. The molecule has 1 fully saturated rings. The minimum atomic E-state index is -1.26. The maximum absolute atomic E-state index is 10.1. The molecule has 0 aliphatic carbocycles. The van der Waals surface area contributed by atoms with Gasteiger partial charge in [0.15, 0.2) is 0 Å². The Morgan fingerprint density at radius 2 is 2.08 bits per heavy atom. The van der Waals surface area contributed by atoms with Crippen LogP contribution in [-0.4, -0.2) is 50.7 Å². The largest absolute Gasteiger partial charge is 0.478 e. The Morgan fingerprint density at radius 1 is 1.44 bits per heavy atom. The van der Waals surface area contributed by atoms with E-state index < -0.39 is 18.0 Å². The number of aliphatic carboxylic acids is 2. The van der Waals surface area contributed by atoms with Gasteiger partial charge in [-0.2, -0.15) is 0 Å². The van der Waals surface area contributed by atoms with Crippen LogP contribution in [0.2, 0.25) is 0 Å². The summed E-state index contributed by atoms with van der Waals surface area (Å²) in [6.07, 6.45) is 12.1. The summed E-state index contributed by atoms with van der Waals surface area (Å²) in [6.45, 7) is 1.10. The number of terminal acetylenes is 1. The van der Waals surface area contributed by atoms with Gasteiger partial charge in [-0.3, -0.25) is 9.88 Å². The summed E-state index contributed by atoms with van der Waals surface area (Å²) >= 11 is 0. The highest BCUT2D eigenvalue weighted by molar-refractivity contribution is 5.89. The van der Waals surface area contributed by atoms with E-state index in [1.54, 1.807) is 6.20 Å². The monoisotopic (exact) mass is 346 g/mol. The van der Waals surface area contributed by atoms with Crippen molar-refractivity contribution in [2.75, 3.05) is 13.6 Å². The first-order valence-corrected chi connectivity index (χ1v) is 7.76. The van der Waals surface area contributed by atoms with Gasteiger partial charge in [-0.05, 0) is 43.6 Å². The van der Waals surface area contributed by atoms with Crippen molar-refractivity contribution in [3.8, 4) is 12.3 Å². The van der Waals surface area contributed by atoms with Crippen molar-refractivity contribution in [2.45, 2.75) is 31.4 Å². The number of rotatable bonds is 5. The molecular weight excluding hydrogens is 324 g/mol. The number of hydrogen-bond acceptors (Lipinski definition) is 5. The summed E-state index contributed by atoms with van der Waals surface area (Å²) < 4.78 is 0. The van der Waals surface area contributed by atoms with Crippen LogP contribution in [0, 0.1) is 12.3 Å². The highest BCUT2D eigenvalue weighted by Crippen LogP contribution is 2.34. The molecule has 7 nitrogen and oxygen atoms in total. The number of hydrogen-bond donors (Lipinski definition) is 3. The highest BCUT2D eigenvalue weighted by atomic mass is 16.4. The molecule has 0 radical (unpaired) electrons. The molecule has 2 rings (SSSR count). The van der Waals surface area contributed by atoms with Gasteiger partial charge >= 0.3 is 11.9 Å². The van der Waals surface area contributed by atoms with Gasteiger partial charge in [0.05, 0.1) is 6.10 Å². The van der Waals surface area contributed by atoms with Gasteiger partial charge in [-0.15, -0.1) is 12.3 Å². The van der Waals surface area contributed by atoms with Gasteiger partial charge in [0.1, 0.15) is 0 Å². The minimum absolute atomic E-state index is 0.355. The molecule has 0 amide bonds. The molecule has 1 saturated heterocycles. The molecule has 0 bridgehead atoms. The number of carbonyl (C=O) groups is 2. The molecule has 7 heteroatoms. The van der Waals surface area contributed by atoms with E-state index in [1.165, 1.54) is 6.42 Å². The third-order valence-corrected chi connectivity index (χ3v) is 3.81. The lowest BCUT2D eigenvalue weighted by Crippen LogP contribution is -2.19. The third-order valence-electron chi connectivity index (χ3n) is 3.81. The van der Waals surface area contributed by atoms with Crippen molar-refractivity contribution in [3.05, 3.63) is 41.7 Å². The first-order chi connectivity index (χ1) is 11.9. The molecule has 0 spiro atoms. The van der Waals surface area contributed by atoms with Crippen molar-refractivity contribution in [1.29, 1.82) is 0 Å². The lowest BCUT2D eigenvalue weighted by atomic mass is 9.96. The SMILES string of the molecule is C#CCC(O)c1ccncc1C1CCCN1C.O=C(O)C=CC(=O)O. The van der Waals surface area contributed by atoms with E-state index in [0.717, 1.165) is 24.1 Å². The van der Waals surface area contributed by atoms with Crippen LogP contribution in [0.1, 0.15) is 42.5 Å². The molecule has 25 heavy (non-hydrogen) atoms. The first kappa shape index (κ1) is 20.4. The smallest absolute Gasteiger partial charge is 0.328 e. The second-order valence-electron chi connectivity index (χ2n) is 5.58. The summed E-state index contributed by atoms with van der Waals surface area (Å²) in [5.41, 5.74) is 2.05. The Labute approximate surface area is 146 Å². The van der Waals surface area contributed by atoms with Crippen molar-refractivity contribution in [3.63, 3.8) is 0 Å². The number of carboxylic acids is 2. The Balaban J connectivity index is 0.000000333. The molecule has 134 valence electrons. The summed E-state index contributed by atoms with van der Waals surface area (Å²) in [5, 5.41) is 25.7. The molecule has 0 aromatic carbocycles. The van der Waals surface area contributed by atoms with Crippen molar-refractivity contribution in [1.82, 2.24) is 9.88 Å². The van der Waals surface area contributed by atoms with Gasteiger partial charge in [0.25, 0.3) is 0 Å². The summed E-state index contributed by atoms with van der Waals surface area (Å²) in [7, 11) is 2.11. The lowest BCUT2D eigenvalue weighted by molar-refractivity contribution is -0.134. The van der Waals surface area contributed by atoms with E-state index in [-0.39, 0.29) is 0 Å². The van der Waals surface area contributed by atoms with Crippen LogP contribution in [0.25, 0.3) is 0 Å². The fourth-order valence-electron chi connectivity index (χ4n) is 2.67. The summed E-state index contributed by atoms with van der Waals surface area (Å²) in [5.74, 6) is -0.00312. The van der Waals surface area contributed by atoms with Gasteiger partial charge in [-0.1, -0.05) is 0 Å². The van der Waals surface area contributed by atoms with Crippen LogP contribution >= 0.6 is 0 Å². The van der Waals surface area contributed by atoms with Crippen molar-refractivity contribution in [2.24, 2.45) is 0 Å². The van der Waals surface area contributed by atoms with E-state index in [2.05, 4.69) is 22.9 Å². The fourth-order valence-corrected chi connectivity index (χ4v) is 2.67. The van der Waals surface area contributed by atoms with Gasteiger partial charge in [-0.25, -0.2) is 9.59 Å². The second kappa shape index (κ2) is 10.2. The van der Waals surface area contributed by atoms with Crippen LogP contribution in [-0.2, 0) is 9.59 Å². The van der Waals surface area contributed by atoms with Gasteiger partial charge < -0.3 is 15.3 Å². The second-order valence-corrected chi connectivity index (χ2v) is 5.58. The van der Waals surface area contributed by atoms with E-state index in [0.29, 0.717) is 24.6 Å². The molecule has 0 saturated carbocycles. The van der Waals surface area contributed by atoms with Crippen molar-refractivity contribution < 1.29 is 24.9 Å². The standard InChI is InChI=1S/C14H18N2O.C4H4O4/c1-3-5-14(17)11-7-8-15-10-12(11)13-6-4-9-16(13)2;5-3(6)1-2-4(7)8/h1,7-8,10,13-14,17H,4-6,9H2,2H3;1-2H,(H,5,6)(H,7,8). The molecule has 3 N–H and O–H groups in total. The summed E-state index contributed by atoms with van der Waals surface area (Å²) in [6, 6.07) is 2.25. The van der Waals surface area contributed by atoms with Gasteiger partial charge in [0, 0.05) is 37.0 Å². The molecule has 2 heterocycles. The maximum Gasteiger partial charge on any atom is 0.328 e. The maximum atomic E-state index is 10.1. The zero-order valence-corrected chi connectivity index (χ0v) is 14.0. The highest BCUT2D eigenvalue weighted by Gasteiger charge is 2.26. The third kappa shape index (κ3) is 6.75. The van der Waals surface area contributed by atoms with Gasteiger partial charge in [0.2, 0.25) is 0 Å². The molecule has 1 aromatic heterocycles. The zero-order valence-electron chi connectivity index (χ0n) is 14.0. The first-order valence-electron chi connectivity index (χ1n) is 7.76. The summed E-state index contributed by atoms with van der Waals surface area (Å²) in [4.78, 5) is 25.6. The van der Waals surface area contributed by atoms with E-state index in [4.69, 9.17) is 16.6 Å². The molecule has 2 unspecified atom stereocenters. The number of pyridine rings is 1. The number of likely N-dealkylation sites (tertiary alicyclic amines) is 1. The topological polar surface area (TPSA) is 111 Å².